The topological polar surface area (TPSA) is 90.3 Å². The van der Waals surface area contributed by atoms with Gasteiger partial charge in [0.2, 0.25) is 5.82 Å². The molecule has 0 aliphatic heterocycles. The van der Waals surface area contributed by atoms with Gasteiger partial charge in [0.1, 0.15) is 11.6 Å². The van der Waals surface area contributed by atoms with Crippen LogP contribution in [0.25, 0.3) is 5.57 Å². The molecule has 0 amide bonds. The van der Waals surface area contributed by atoms with E-state index in [1.54, 1.807) is 6.20 Å². The van der Waals surface area contributed by atoms with Crippen LogP contribution in [0.3, 0.4) is 0 Å². The SMILES string of the molecule is CCc1cc(Br)ccc1NC=C(C#N)c1nn[nH]n1. The third kappa shape index (κ3) is 3.17. The summed E-state index contributed by atoms with van der Waals surface area (Å²) in [7, 11) is 0. The Labute approximate surface area is 118 Å². The molecule has 1 aromatic carbocycles. The highest BCUT2D eigenvalue weighted by Gasteiger charge is 2.06. The lowest BCUT2D eigenvalue weighted by atomic mass is 10.1. The summed E-state index contributed by atoms with van der Waals surface area (Å²) in [5, 5.41) is 25.4. The summed E-state index contributed by atoms with van der Waals surface area (Å²) in [5.41, 5.74) is 2.41. The zero-order chi connectivity index (χ0) is 13.7. The van der Waals surface area contributed by atoms with Crippen LogP contribution >= 0.6 is 15.9 Å². The molecule has 0 bridgehead atoms. The minimum absolute atomic E-state index is 0.269. The van der Waals surface area contributed by atoms with Crippen molar-refractivity contribution >= 4 is 27.2 Å². The number of allylic oxidation sites excluding steroid dienone is 1. The molecule has 19 heavy (non-hydrogen) atoms. The monoisotopic (exact) mass is 318 g/mol. The molecule has 0 radical (unpaired) electrons. The van der Waals surface area contributed by atoms with Crippen LogP contribution in [0.15, 0.2) is 28.9 Å². The van der Waals surface area contributed by atoms with E-state index in [2.05, 4.69) is 48.8 Å². The second-order valence-electron chi connectivity index (χ2n) is 3.70. The molecule has 0 saturated carbocycles. The minimum Gasteiger partial charge on any atom is -0.360 e. The number of anilines is 1. The van der Waals surface area contributed by atoms with Crippen LogP contribution in [0.5, 0.6) is 0 Å². The van der Waals surface area contributed by atoms with Gasteiger partial charge in [0.05, 0.1) is 0 Å². The van der Waals surface area contributed by atoms with Crippen molar-refractivity contribution in [3.63, 3.8) is 0 Å². The smallest absolute Gasteiger partial charge is 0.216 e. The van der Waals surface area contributed by atoms with E-state index in [1.165, 1.54) is 0 Å². The van der Waals surface area contributed by atoms with Gasteiger partial charge in [-0.25, -0.2) is 0 Å². The van der Waals surface area contributed by atoms with Gasteiger partial charge < -0.3 is 5.32 Å². The predicted molar refractivity (Wildman–Crippen MR) is 74.9 cm³/mol. The van der Waals surface area contributed by atoms with Gasteiger partial charge >= 0.3 is 0 Å². The Bertz CT molecular complexity index is 626. The van der Waals surface area contributed by atoms with Gasteiger partial charge in [-0.3, -0.25) is 0 Å². The number of hydrogen-bond donors (Lipinski definition) is 2. The van der Waals surface area contributed by atoms with Crippen molar-refractivity contribution < 1.29 is 0 Å². The fourth-order valence-corrected chi connectivity index (χ4v) is 1.98. The lowest BCUT2D eigenvalue weighted by Crippen LogP contribution is -1.96. The van der Waals surface area contributed by atoms with Crippen molar-refractivity contribution in [2.75, 3.05) is 5.32 Å². The van der Waals surface area contributed by atoms with Gasteiger partial charge in [-0.2, -0.15) is 10.5 Å². The van der Waals surface area contributed by atoms with E-state index in [1.807, 2.05) is 24.3 Å². The first-order valence-electron chi connectivity index (χ1n) is 5.63. The van der Waals surface area contributed by atoms with E-state index >= 15 is 0 Å². The van der Waals surface area contributed by atoms with Gasteiger partial charge in [-0.15, -0.1) is 10.2 Å². The third-order valence-corrected chi connectivity index (χ3v) is 3.02. The Kier molecular flexibility index (Phi) is 4.26. The number of nitriles is 1. The van der Waals surface area contributed by atoms with E-state index < -0.39 is 0 Å². The summed E-state index contributed by atoms with van der Waals surface area (Å²) in [5.74, 6) is 0.269. The third-order valence-electron chi connectivity index (χ3n) is 2.53. The summed E-state index contributed by atoms with van der Waals surface area (Å²) >= 11 is 3.43. The quantitative estimate of drug-likeness (QED) is 0.845. The Balaban J connectivity index is 2.24. The maximum atomic E-state index is 9.06. The highest BCUT2D eigenvalue weighted by molar-refractivity contribution is 9.10. The van der Waals surface area contributed by atoms with Crippen LogP contribution in [0, 0.1) is 11.3 Å². The van der Waals surface area contributed by atoms with Crippen LogP contribution in [0.2, 0.25) is 0 Å². The number of nitrogens with zero attached hydrogens (tertiary/aromatic N) is 4. The number of halogens is 1. The van der Waals surface area contributed by atoms with Gasteiger partial charge in [0.25, 0.3) is 0 Å². The highest BCUT2D eigenvalue weighted by atomic mass is 79.9. The summed E-state index contributed by atoms with van der Waals surface area (Å²) in [6.07, 6.45) is 2.47. The normalized spacial score (nSPS) is 11.1. The molecule has 0 saturated heterocycles. The minimum atomic E-state index is 0.269. The fourth-order valence-electron chi connectivity index (χ4n) is 1.57. The largest absolute Gasteiger partial charge is 0.360 e. The maximum absolute atomic E-state index is 9.06. The van der Waals surface area contributed by atoms with Gasteiger partial charge in [-0.05, 0) is 35.4 Å². The number of tetrazole rings is 1. The molecule has 1 aromatic heterocycles. The lowest BCUT2D eigenvalue weighted by Gasteiger charge is -2.08. The van der Waals surface area contributed by atoms with Crippen LogP contribution in [-0.2, 0) is 6.42 Å². The lowest BCUT2D eigenvalue weighted by molar-refractivity contribution is 0.881. The van der Waals surface area contributed by atoms with Crippen molar-refractivity contribution in [3.8, 4) is 6.07 Å². The van der Waals surface area contributed by atoms with Crippen LogP contribution in [-0.4, -0.2) is 20.6 Å². The van der Waals surface area contributed by atoms with Gasteiger partial charge in [0, 0.05) is 16.4 Å². The molecule has 0 aliphatic carbocycles. The number of benzene rings is 1. The molecule has 96 valence electrons. The molecule has 2 N–H and O–H groups in total. The van der Waals surface area contributed by atoms with Crippen molar-refractivity contribution in [1.29, 1.82) is 5.26 Å². The van der Waals surface area contributed by atoms with E-state index in [9.17, 15) is 0 Å². The second-order valence-corrected chi connectivity index (χ2v) is 4.62. The zero-order valence-corrected chi connectivity index (χ0v) is 11.8. The number of aryl methyl sites for hydroxylation is 1. The maximum Gasteiger partial charge on any atom is 0.216 e. The average molecular weight is 319 g/mol. The molecule has 0 spiro atoms. The Hall–Kier alpha value is -2.20. The predicted octanol–water partition coefficient (Wildman–Crippen LogP) is 2.50. The van der Waals surface area contributed by atoms with Crippen molar-refractivity contribution in [2.24, 2.45) is 0 Å². The van der Waals surface area contributed by atoms with E-state index in [4.69, 9.17) is 5.26 Å². The Morgan fingerprint density at radius 1 is 1.58 bits per heavy atom. The number of aromatic amines is 1. The molecule has 6 nitrogen and oxygen atoms in total. The summed E-state index contributed by atoms with van der Waals surface area (Å²) < 4.78 is 1.03. The molecule has 1 heterocycles. The molecule has 2 rings (SSSR count). The number of nitrogens with one attached hydrogen (secondary N) is 2. The van der Waals surface area contributed by atoms with Crippen molar-refractivity contribution in [1.82, 2.24) is 20.6 Å². The van der Waals surface area contributed by atoms with Crippen molar-refractivity contribution in [3.05, 3.63) is 40.3 Å². The molecular formula is C12H11BrN6. The van der Waals surface area contributed by atoms with Crippen LogP contribution in [0.4, 0.5) is 5.69 Å². The second kappa shape index (κ2) is 6.11. The average Bonchev–Trinajstić information content (AvgIpc) is 2.94. The number of rotatable bonds is 4. The summed E-state index contributed by atoms with van der Waals surface area (Å²) in [6.45, 7) is 2.07. The standard InChI is InChI=1S/C12H11BrN6/c1-2-8-5-10(13)3-4-11(8)15-7-9(6-14)12-16-18-19-17-12/h3-5,7,15H,2H2,1H3,(H,16,17,18,19). The van der Waals surface area contributed by atoms with E-state index in [0.717, 1.165) is 22.1 Å². The first-order chi connectivity index (χ1) is 9.24. The number of aromatic nitrogens is 4. The Morgan fingerprint density at radius 2 is 2.42 bits per heavy atom. The first-order valence-corrected chi connectivity index (χ1v) is 6.43. The molecular weight excluding hydrogens is 308 g/mol. The molecule has 0 atom stereocenters. The summed E-state index contributed by atoms with van der Waals surface area (Å²) in [6, 6.07) is 7.96. The fraction of sp³-hybridized carbons (Fsp3) is 0.167. The van der Waals surface area contributed by atoms with Crippen LogP contribution < -0.4 is 5.32 Å². The summed E-state index contributed by atoms with van der Waals surface area (Å²) in [4.78, 5) is 0. The number of H-pyrrole nitrogens is 1. The van der Waals surface area contributed by atoms with Gasteiger partial charge in [0.15, 0.2) is 0 Å². The molecule has 0 aliphatic rings. The van der Waals surface area contributed by atoms with Crippen LogP contribution in [0.1, 0.15) is 18.3 Å². The number of hydrogen-bond acceptors (Lipinski definition) is 5. The van der Waals surface area contributed by atoms with E-state index in [-0.39, 0.29) is 5.82 Å². The van der Waals surface area contributed by atoms with Crippen molar-refractivity contribution in [2.45, 2.75) is 13.3 Å². The Morgan fingerprint density at radius 3 is 3.05 bits per heavy atom. The first kappa shape index (κ1) is 13.2. The van der Waals surface area contributed by atoms with E-state index in [0.29, 0.717) is 5.57 Å². The zero-order valence-electron chi connectivity index (χ0n) is 10.2. The molecule has 0 unspecified atom stereocenters. The highest BCUT2D eigenvalue weighted by Crippen LogP contribution is 2.22. The van der Waals surface area contributed by atoms with Gasteiger partial charge in [-0.1, -0.05) is 22.9 Å². The molecule has 7 heteroatoms. The molecule has 0 fully saturated rings. The molecule has 2 aromatic rings.